The number of halogens is 2. The number of hydrogen-bond acceptors (Lipinski definition) is 4. The van der Waals surface area contributed by atoms with Gasteiger partial charge in [-0.2, -0.15) is 0 Å². The van der Waals surface area contributed by atoms with Gasteiger partial charge in [-0.25, -0.2) is 13.6 Å². The van der Waals surface area contributed by atoms with Gasteiger partial charge >= 0.3 is 5.76 Å². The van der Waals surface area contributed by atoms with E-state index in [0.29, 0.717) is 30.6 Å². The highest BCUT2D eigenvalue weighted by molar-refractivity contribution is 5.73. The van der Waals surface area contributed by atoms with Crippen molar-refractivity contribution < 1.29 is 13.2 Å². The van der Waals surface area contributed by atoms with Crippen LogP contribution in [0.15, 0.2) is 27.4 Å². The van der Waals surface area contributed by atoms with Crippen LogP contribution in [-0.2, 0) is 13.6 Å². The Bertz CT molecular complexity index is 753. The van der Waals surface area contributed by atoms with Crippen LogP contribution in [-0.4, -0.2) is 34.5 Å². The van der Waals surface area contributed by atoms with Crippen LogP contribution in [0.5, 0.6) is 0 Å². The standard InChI is InChI=1S/C16H21F2N3O2/c1-20-12-8-11(5-6-13(12)23-15(20)22)9-21-7-3-2-4-14(21)16(17,18)10-19/h5-6,8,14H,2-4,7,9-10,19H2,1H3. The summed E-state index contributed by atoms with van der Waals surface area (Å²) in [5.41, 5.74) is 7.32. The van der Waals surface area contributed by atoms with Crippen molar-refractivity contribution in [2.45, 2.75) is 37.8 Å². The van der Waals surface area contributed by atoms with Crippen molar-refractivity contribution in [1.82, 2.24) is 9.47 Å². The van der Waals surface area contributed by atoms with E-state index in [9.17, 15) is 13.6 Å². The maximum absolute atomic E-state index is 14.1. The number of hydrogen-bond donors (Lipinski definition) is 1. The third-order valence-electron chi connectivity index (χ3n) is 4.61. The van der Waals surface area contributed by atoms with Gasteiger partial charge in [-0.3, -0.25) is 9.47 Å². The predicted molar refractivity (Wildman–Crippen MR) is 83.5 cm³/mol. The van der Waals surface area contributed by atoms with Crippen LogP contribution in [0.4, 0.5) is 8.78 Å². The normalized spacial score (nSPS) is 20.3. The lowest BCUT2D eigenvalue weighted by Crippen LogP contribution is -2.53. The molecule has 0 amide bonds. The number of nitrogens with two attached hydrogens (primary N) is 1. The Morgan fingerprint density at radius 3 is 2.91 bits per heavy atom. The van der Waals surface area contributed by atoms with E-state index in [-0.39, 0.29) is 0 Å². The molecule has 1 atom stereocenters. The summed E-state index contributed by atoms with van der Waals surface area (Å²) >= 11 is 0. The third-order valence-corrected chi connectivity index (χ3v) is 4.61. The van der Waals surface area contributed by atoms with Crippen molar-refractivity contribution >= 4 is 11.1 Å². The first-order chi connectivity index (χ1) is 10.9. The molecule has 126 valence electrons. The van der Waals surface area contributed by atoms with Crippen LogP contribution < -0.4 is 11.5 Å². The highest BCUT2D eigenvalue weighted by atomic mass is 19.3. The monoisotopic (exact) mass is 325 g/mol. The van der Waals surface area contributed by atoms with Crippen molar-refractivity contribution in [3.05, 3.63) is 34.3 Å². The Balaban J connectivity index is 1.87. The van der Waals surface area contributed by atoms with E-state index < -0.39 is 24.3 Å². The summed E-state index contributed by atoms with van der Waals surface area (Å²) in [4.78, 5) is 13.3. The summed E-state index contributed by atoms with van der Waals surface area (Å²) in [5, 5.41) is 0. The molecule has 2 N–H and O–H groups in total. The highest BCUT2D eigenvalue weighted by Gasteiger charge is 2.42. The molecule has 1 fully saturated rings. The second-order valence-electron chi connectivity index (χ2n) is 6.18. The van der Waals surface area contributed by atoms with Crippen LogP contribution in [0.1, 0.15) is 24.8 Å². The van der Waals surface area contributed by atoms with Gasteiger partial charge in [0.1, 0.15) is 0 Å². The molecule has 23 heavy (non-hydrogen) atoms. The first kappa shape index (κ1) is 16.1. The maximum atomic E-state index is 14.1. The minimum Gasteiger partial charge on any atom is -0.408 e. The lowest BCUT2D eigenvalue weighted by atomic mass is 9.95. The summed E-state index contributed by atoms with van der Waals surface area (Å²) in [6, 6.07) is 4.53. The number of benzene rings is 1. The lowest BCUT2D eigenvalue weighted by Gasteiger charge is -2.39. The van der Waals surface area contributed by atoms with Gasteiger partial charge in [0, 0.05) is 13.6 Å². The van der Waals surface area contributed by atoms with Crippen LogP contribution in [0.3, 0.4) is 0 Å². The quantitative estimate of drug-likeness (QED) is 0.935. The van der Waals surface area contributed by atoms with Crippen molar-refractivity contribution in [2.75, 3.05) is 13.1 Å². The van der Waals surface area contributed by atoms with E-state index in [4.69, 9.17) is 10.2 Å². The molecule has 0 bridgehead atoms. The van der Waals surface area contributed by atoms with Crippen LogP contribution in [0.25, 0.3) is 11.1 Å². The smallest absolute Gasteiger partial charge is 0.408 e. The third kappa shape index (κ3) is 3.03. The van der Waals surface area contributed by atoms with Gasteiger partial charge in [0.15, 0.2) is 5.58 Å². The van der Waals surface area contributed by atoms with E-state index in [1.165, 1.54) is 4.57 Å². The molecule has 2 heterocycles. The summed E-state index contributed by atoms with van der Waals surface area (Å²) < 4.78 is 34.7. The zero-order valence-electron chi connectivity index (χ0n) is 13.1. The molecular formula is C16H21F2N3O2. The number of piperidine rings is 1. The molecule has 7 heteroatoms. The van der Waals surface area contributed by atoms with Gasteiger partial charge in [-0.05, 0) is 37.1 Å². The van der Waals surface area contributed by atoms with Gasteiger partial charge in [0.2, 0.25) is 0 Å². The molecule has 1 aromatic carbocycles. The van der Waals surface area contributed by atoms with Gasteiger partial charge in [0.05, 0.1) is 18.1 Å². The van der Waals surface area contributed by atoms with Gasteiger partial charge in [-0.15, -0.1) is 0 Å². The van der Waals surface area contributed by atoms with Crippen molar-refractivity contribution in [3.63, 3.8) is 0 Å². The number of aryl methyl sites for hydroxylation is 1. The molecular weight excluding hydrogens is 304 g/mol. The number of rotatable bonds is 4. The van der Waals surface area contributed by atoms with Crippen LogP contribution in [0.2, 0.25) is 0 Å². The average molecular weight is 325 g/mol. The SMILES string of the molecule is Cn1c(=O)oc2ccc(CN3CCCCC3C(F)(F)CN)cc21. The number of alkyl halides is 2. The number of nitrogens with zero attached hydrogens (tertiary/aromatic N) is 2. The molecule has 0 saturated carbocycles. The second kappa shape index (κ2) is 6.05. The predicted octanol–water partition coefficient (Wildman–Crippen LogP) is 2.08. The average Bonchev–Trinajstić information content (AvgIpc) is 2.83. The zero-order valence-corrected chi connectivity index (χ0v) is 13.1. The molecule has 3 rings (SSSR count). The molecule has 0 spiro atoms. The fourth-order valence-corrected chi connectivity index (χ4v) is 3.30. The Morgan fingerprint density at radius 1 is 1.39 bits per heavy atom. The number of fused-ring (bicyclic) bond motifs is 1. The Morgan fingerprint density at radius 2 is 2.17 bits per heavy atom. The summed E-state index contributed by atoms with van der Waals surface area (Å²) in [6.07, 6.45) is 2.16. The molecule has 1 aliphatic rings. The zero-order chi connectivity index (χ0) is 16.6. The van der Waals surface area contributed by atoms with Crippen molar-refractivity contribution in [3.8, 4) is 0 Å². The minimum atomic E-state index is -2.88. The number of aromatic nitrogens is 1. The lowest BCUT2D eigenvalue weighted by molar-refractivity contribution is -0.0895. The second-order valence-corrected chi connectivity index (χ2v) is 6.18. The Kier molecular flexibility index (Phi) is 4.25. The van der Waals surface area contributed by atoms with Crippen LogP contribution in [0, 0.1) is 0 Å². The Labute approximate surface area is 132 Å². The Hall–Kier alpha value is -1.73. The molecule has 2 aromatic rings. The first-order valence-electron chi connectivity index (χ1n) is 7.83. The molecule has 1 aromatic heterocycles. The molecule has 0 aliphatic carbocycles. The van der Waals surface area contributed by atoms with E-state index in [1.807, 2.05) is 12.1 Å². The first-order valence-corrected chi connectivity index (χ1v) is 7.83. The van der Waals surface area contributed by atoms with E-state index in [2.05, 4.69) is 0 Å². The van der Waals surface area contributed by atoms with E-state index in [0.717, 1.165) is 18.4 Å². The number of likely N-dealkylation sites (tertiary alicyclic amines) is 1. The molecule has 1 saturated heterocycles. The van der Waals surface area contributed by atoms with Crippen molar-refractivity contribution in [1.29, 1.82) is 0 Å². The molecule has 0 radical (unpaired) electrons. The maximum Gasteiger partial charge on any atom is 0.419 e. The topological polar surface area (TPSA) is 64.4 Å². The fraction of sp³-hybridized carbons (Fsp3) is 0.562. The summed E-state index contributed by atoms with van der Waals surface area (Å²) in [6.45, 7) is 0.404. The molecule has 1 unspecified atom stereocenters. The summed E-state index contributed by atoms with van der Waals surface area (Å²) in [5.74, 6) is -3.31. The number of oxazole rings is 1. The van der Waals surface area contributed by atoms with E-state index in [1.54, 1.807) is 18.0 Å². The van der Waals surface area contributed by atoms with Gasteiger partial charge in [-0.1, -0.05) is 12.5 Å². The fourth-order valence-electron chi connectivity index (χ4n) is 3.30. The largest absolute Gasteiger partial charge is 0.419 e. The van der Waals surface area contributed by atoms with Gasteiger partial charge in [0.25, 0.3) is 5.92 Å². The van der Waals surface area contributed by atoms with Crippen LogP contribution >= 0.6 is 0 Å². The summed E-state index contributed by atoms with van der Waals surface area (Å²) in [7, 11) is 1.63. The molecule has 5 nitrogen and oxygen atoms in total. The minimum absolute atomic E-state index is 0.412. The highest BCUT2D eigenvalue weighted by Crippen LogP contribution is 2.31. The van der Waals surface area contributed by atoms with Crippen molar-refractivity contribution in [2.24, 2.45) is 12.8 Å². The van der Waals surface area contributed by atoms with E-state index >= 15 is 0 Å². The molecule has 1 aliphatic heterocycles. The van der Waals surface area contributed by atoms with Gasteiger partial charge < -0.3 is 10.2 Å².